The lowest BCUT2D eigenvalue weighted by Gasteiger charge is -2.15. The highest BCUT2D eigenvalue weighted by molar-refractivity contribution is 7.89. The van der Waals surface area contributed by atoms with Crippen LogP contribution in [0.2, 0.25) is 0 Å². The number of sulfonamides is 1. The fourth-order valence-corrected chi connectivity index (χ4v) is 6.03. The molecule has 0 atom stereocenters. The summed E-state index contributed by atoms with van der Waals surface area (Å²) < 4.78 is 29.9. The molecule has 1 amide bonds. The summed E-state index contributed by atoms with van der Waals surface area (Å²) in [6, 6.07) is 13.9. The minimum absolute atomic E-state index is 0.175. The first-order chi connectivity index (χ1) is 17.8. The molecule has 4 aromatic rings. The van der Waals surface area contributed by atoms with Gasteiger partial charge in [-0.2, -0.15) is 9.40 Å². The largest absolute Gasteiger partial charge is 0.350 e. The van der Waals surface area contributed by atoms with Gasteiger partial charge in [0, 0.05) is 25.2 Å². The lowest BCUT2D eigenvalue weighted by atomic mass is 10.1. The standard InChI is InChI=1S/C26H28N6O4S/c1-19-5-4-6-20(15-19)17-30-18-28-24-23(26(30)34)16-29-32(24)14-11-27-25(33)21-7-9-22(10-8-21)37(35,36)31-12-2-3-13-31/h4-10,15-16,18H,2-3,11-14,17H2,1H3,(H,27,33). The molecule has 0 radical (unpaired) electrons. The molecular weight excluding hydrogens is 492 g/mol. The van der Waals surface area contributed by atoms with E-state index in [1.54, 1.807) is 9.25 Å². The molecule has 1 N–H and O–H groups in total. The van der Waals surface area contributed by atoms with E-state index in [-0.39, 0.29) is 22.9 Å². The number of rotatable bonds is 8. The van der Waals surface area contributed by atoms with Crippen molar-refractivity contribution in [2.75, 3.05) is 19.6 Å². The summed E-state index contributed by atoms with van der Waals surface area (Å²) in [6.07, 6.45) is 4.74. The van der Waals surface area contributed by atoms with E-state index in [0.717, 1.165) is 24.0 Å². The number of nitrogens with zero attached hydrogens (tertiary/aromatic N) is 5. The maximum atomic E-state index is 12.9. The molecule has 1 saturated heterocycles. The fraction of sp³-hybridized carbons (Fsp3) is 0.308. The molecule has 0 unspecified atom stereocenters. The molecule has 1 aliphatic rings. The van der Waals surface area contributed by atoms with Crippen molar-refractivity contribution in [3.05, 3.63) is 88.1 Å². The Bertz CT molecular complexity index is 1600. The normalized spacial score (nSPS) is 14.3. The van der Waals surface area contributed by atoms with Crippen molar-refractivity contribution in [1.82, 2.24) is 29.0 Å². The van der Waals surface area contributed by atoms with E-state index < -0.39 is 10.0 Å². The third-order valence-corrected chi connectivity index (χ3v) is 8.40. The second-order valence-electron chi connectivity index (χ2n) is 9.16. The molecule has 0 saturated carbocycles. The molecule has 1 fully saturated rings. The SMILES string of the molecule is Cc1cccc(Cn2cnc3c(cnn3CCNC(=O)c3ccc(S(=O)(=O)N4CCCC4)cc3)c2=O)c1. The number of hydrogen-bond acceptors (Lipinski definition) is 6. The van der Waals surface area contributed by atoms with Crippen molar-refractivity contribution in [3.63, 3.8) is 0 Å². The average molecular weight is 521 g/mol. The zero-order valence-corrected chi connectivity index (χ0v) is 21.3. The van der Waals surface area contributed by atoms with Crippen molar-refractivity contribution < 1.29 is 13.2 Å². The number of carbonyl (C=O) groups is 1. The van der Waals surface area contributed by atoms with Crippen LogP contribution in [0.1, 0.15) is 34.3 Å². The van der Waals surface area contributed by atoms with Crippen LogP contribution < -0.4 is 10.9 Å². The van der Waals surface area contributed by atoms with E-state index >= 15 is 0 Å². The number of nitrogens with one attached hydrogen (secondary N) is 1. The zero-order chi connectivity index (χ0) is 26.0. The molecular formula is C26H28N6O4S. The third kappa shape index (κ3) is 5.18. The Kier molecular flexibility index (Phi) is 6.90. The predicted octanol–water partition coefficient (Wildman–Crippen LogP) is 2.16. The lowest BCUT2D eigenvalue weighted by molar-refractivity contribution is 0.0952. The number of carbonyl (C=O) groups excluding carboxylic acids is 1. The molecule has 10 nitrogen and oxygen atoms in total. The molecule has 0 bridgehead atoms. The second-order valence-corrected chi connectivity index (χ2v) is 11.1. The first kappa shape index (κ1) is 24.8. The third-order valence-electron chi connectivity index (χ3n) is 6.49. The van der Waals surface area contributed by atoms with Crippen LogP contribution in [0.4, 0.5) is 0 Å². The summed E-state index contributed by atoms with van der Waals surface area (Å²) in [5.41, 5.74) is 2.78. The monoisotopic (exact) mass is 520 g/mol. The van der Waals surface area contributed by atoms with Crippen LogP contribution in [-0.2, 0) is 23.1 Å². The molecule has 11 heteroatoms. The van der Waals surface area contributed by atoms with Crippen LogP contribution >= 0.6 is 0 Å². The van der Waals surface area contributed by atoms with Gasteiger partial charge in [-0.3, -0.25) is 14.2 Å². The smallest absolute Gasteiger partial charge is 0.264 e. The minimum atomic E-state index is -3.52. The van der Waals surface area contributed by atoms with Crippen molar-refractivity contribution in [2.45, 2.75) is 37.8 Å². The summed E-state index contributed by atoms with van der Waals surface area (Å²) in [4.78, 5) is 30.1. The average Bonchev–Trinajstić information content (AvgIpc) is 3.57. The highest BCUT2D eigenvalue weighted by atomic mass is 32.2. The van der Waals surface area contributed by atoms with Gasteiger partial charge in [0.1, 0.15) is 11.7 Å². The van der Waals surface area contributed by atoms with Gasteiger partial charge in [0.05, 0.1) is 24.2 Å². The van der Waals surface area contributed by atoms with Crippen LogP contribution in [0.3, 0.4) is 0 Å². The first-order valence-corrected chi connectivity index (χ1v) is 13.6. The van der Waals surface area contributed by atoms with Crippen LogP contribution in [0, 0.1) is 6.92 Å². The zero-order valence-electron chi connectivity index (χ0n) is 20.5. The molecule has 2 aromatic carbocycles. The van der Waals surface area contributed by atoms with E-state index in [1.807, 2.05) is 31.2 Å². The quantitative estimate of drug-likeness (QED) is 0.380. The number of amides is 1. The number of aromatic nitrogens is 4. The maximum absolute atomic E-state index is 12.9. The van der Waals surface area contributed by atoms with Gasteiger partial charge in [-0.15, -0.1) is 0 Å². The van der Waals surface area contributed by atoms with Gasteiger partial charge < -0.3 is 5.32 Å². The van der Waals surface area contributed by atoms with Gasteiger partial charge >= 0.3 is 0 Å². The number of aryl methyl sites for hydroxylation is 1. The Balaban J connectivity index is 1.21. The number of fused-ring (bicyclic) bond motifs is 1. The Morgan fingerprint density at radius 3 is 2.57 bits per heavy atom. The summed E-state index contributed by atoms with van der Waals surface area (Å²) in [5.74, 6) is -0.324. The van der Waals surface area contributed by atoms with Gasteiger partial charge in [-0.1, -0.05) is 29.8 Å². The van der Waals surface area contributed by atoms with E-state index in [2.05, 4.69) is 15.4 Å². The van der Waals surface area contributed by atoms with Crippen LogP contribution in [0.15, 0.2) is 70.7 Å². The number of benzene rings is 2. The molecule has 37 heavy (non-hydrogen) atoms. The topological polar surface area (TPSA) is 119 Å². The Hall–Kier alpha value is -3.83. The highest BCUT2D eigenvalue weighted by Gasteiger charge is 2.27. The van der Waals surface area contributed by atoms with E-state index in [9.17, 15) is 18.0 Å². The van der Waals surface area contributed by atoms with E-state index in [4.69, 9.17) is 0 Å². The predicted molar refractivity (Wildman–Crippen MR) is 139 cm³/mol. The molecule has 1 aliphatic heterocycles. The highest BCUT2D eigenvalue weighted by Crippen LogP contribution is 2.21. The molecule has 192 valence electrons. The number of hydrogen-bond donors (Lipinski definition) is 1. The lowest BCUT2D eigenvalue weighted by Crippen LogP contribution is -2.29. The van der Waals surface area contributed by atoms with Gasteiger partial charge in [0.15, 0.2) is 5.65 Å². The van der Waals surface area contributed by atoms with Gasteiger partial charge in [-0.05, 0) is 49.6 Å². The van der Waals surface area contributed by atoms with Crippen LogP contribution in [0.5, 0.6) is 0 Å². The van der Waals surface area contributed by atoms with Gasteiger partial charge in [0.25, 0.3) is 11.5 Å². The summed E-state index contributed by atoms with van der Waals surface area (Å²) in [6.45, 7) is 4.07. The Labute approximate surface area is 214 Å². The van der Waals surface area contributed by atoms with Crippen molar-refractivity contribution in [3.8, 4) is 0 Å². The Morgan fingerprint density at radius 1 is 1.08 bits per heavy atom. The second kappa shape index (κ2) is 10.3. The summed E-state index contributed by atoms with van der Waals surface area (Å²) in [5, 5.41) is 7.50. The minimum Gasteiger partial charge on any atom is -0.350 e. The van der Waals surface area contributed by atoms with E-state index in [0.29, 0.717) is 42.8 Å². The molecule has 2 aromatic heterocycles. The first-order valence-electron chi connectivity index (χ1n) is 12.2. The van der Waals surface area contributed by atoms with Crippen LogP contribution in [0.25, 0.3) is 11.0 Å². The molecule has 5 rings (SSSR count). The summed E-state index contributed by atoms with van der Waals surface area (Å²) in [7, 11) is -3.52. The van der Waals surface area contributed by atoms with Crippen molar-refractivity contribution in [2.24, 2.45) is 0 Å². The molecule has 0 aliphatic carbocycles. The van der Waals surface area contributed by atoms with Gasteiger partial charge in [-0.25, -0.2) is 18.1 Å². The molecule has 0 spiro atoms. The van der Waals surface area contributed by atoms with Crippen LogP contribution in [-0.4, -0.2) is 57.6 Å². The fourth-order valence-electron chi connectivity index (χ4n) is 4.51. The van der Waals surface area contributed by atoms with Crippen molar-refractivity contribution >= 4 is 27.0 Å². The van der Waals surface area contributed by atoms with Gasteiger partial charge in [0.2, 0.25) is 10.0 Å². The summed E-state index contributed by atoms with van der Waals surface area (Å²) >= 11 is 0. The molecule has 3 heterocycles. The maximum Gasteiger partial charge on any atom is 0.264 e. The Morgan fingerprint density at radius 2 is 1.84 bits per heavy atom. The van der Waals surface area contributed by atoms with Crippen molar-refractivity contribution in [1.29, 1.82) is 0 Å². The van der Waals surface area contributed by atoms with E-state index in [1.165, 1.54) is 41.1 Å².